The van der Waals surface area contributed by atoms with E-state index in [0.717, 1.165) is 11.9 Å². The molecule has 0 bridgehead atoms. The number of rotatable bonds is 4. The average molecular weight is 477 g/mol. The van der Waals surface area contributed by atoms with E-state index in [1.807, 2.05) is 18.2 Å². The van der Waals surface area contributed by atoms with Crippen LogP contribution in [-0.4, -0.2) is 51.5 Å². The van der Waals surface area contributed by atoms with Gasteiger partial charge in [0.05, 0.1) is 23.0 Å². The minimum Gasteiger partial charge on any atom is -0.353 e. The molecule has 35 heavy (non-hydrogen) atoms. The maximum Gasteiger partial charge on any atom is 0.329 e. The molecule has 0 aliphatic carbocycles. The third kappa shape index (κ3) is 4.30. The Kier molecular flexibility index (Phi) is 5.86. The number of amides is 1. The number of hydrogen-bond donors (Lipinski definition) is 1. The van der Waals surface area contributed by atoms with Crippen molar-refractivity contribution in [2.24, 2.45) is 0 Å². The van der Waals surface area contributed by atoms with Gasteiger partial charge in [-0.05, 0) is 42.0 Å². The van der Waals surface area contributed by atoms with Crippen LogP contribution in [0.4, 0.5) is 14.6 Å². The van der Waals surface area contributed by atoms with Crippen LogP contribution in [0.2, 0.25) is 0 Å². The highest BCUT2D eigenvalue weighted by Gasteiger charge is 2.25. The minimum atomic E-state index is -0.820. The van der Waals surface area contributed by atoms with Crippen molar-refractivity contribution in [1.29, 1.82) is 0 Å². The number of nitrogens with zero attached hydrogens (tertiary/aromatic N) is 4. The van der Waals surface area contributed by atoms with E-state index < -0.39 is 28.8 Å². The third-order valence-corrected chi connectivity index (χ3v) is 6.12. The van der Waals surface area contributed by atoms with Gasteiger partial charge in [0, 0.05) is 32.4 Å². The molecule has 0 spiro atoms. The number of aromatic nitrogens is 3. The number of aromatic amines is 1. The molecule has 10 heteroatoms. The van der Waals surface area contributed by atoms with Gasteiger partial charge in [-0.3, -0.25) is 19.1 Å². The van der Waals surface area contributed by atoms with E-state index in [4.69, 9.17) is 0 Å². The zero-order valence-corrected chi connectivity index (χ0v) is 18.6. The number of anilines is 1. The van der Waals surface area contributed by atoms with Crippen LogP contribution in [0.1, 0.15) is 15.9 Å². The van der Waals surface area contributed by atoms with Crippen molar-refractivity contribution in [2.45, 2.75) is 6.54 Å². The third-order valence-electron chi connectivity index (χ3n) is 6.12. The Morgan fingerprint density at radius 2 is 1.74 bits per heavy atom. The molecule has 0 atom stereocenters. The number of halogens is 2. The predicted octanol–water partition coefficient (Wildman–Crippen LogP) is 2.37. The van der Waals surface area contributed by atoms with Crippen LogP contribution in [0.15, 0.2) is 70.4 Å². The molecule has 1 aliphatic rings. The number of fused-ring (bicyclic) bond motifs is 1. The Hall–Kier alpha value is -4.34. The maximum atomic E-state index is 14.7. The Balaban J connectivity index is 1.40. The summed E-state index contributed by atoms with van der Waals surface area (Å²) in [4.78, 5) is 47.8. The molecule has 8 nitrogen and oxygen atoms in total. The topological polar surface area (TPSA) is 91.3 Å². The molecular weight excluding hydrogens is 456 g/mol. The number of hydrogen-bond acceptors (Lipinski definition) is 5. The van der Waals surface area contributed by atoms with Crippen LogP contribution < -0.4 is 16.1 Å². The lowest BCUT2D eigenvalue weighted by Crippen LogP contribution is -2.49. The Bertz CT molecular complexity index is 1530. The first-order valence-corrected chi connectivity index (χ1v) is 11.1. The number of nitrogens with one attached hydrogen (secondary N) is 1. The second-order valence-electron chi connectivity index (χ2n) is 8.26. The molecule has 0 radical (unpaired) electrons. The van der Waals surface area contributed by atoms with Crippen molar-refractivity contribution in [3.63, 3.8) is 0 Å². The first kappa shape index (κ1) is 22.5. The van der Waals surface area contributed by atoms with E-state index in [1.54, 1.807) is 11.1 Å². The molecule has 0 saturated carbocycles. The van der Waals surface area contributed by atoms with Crippen molar-refractivity contribution in [3.05, 3.63) is 104 Å². The van der Waals surface area contributed by atoms with Gasteiger partial charge in [0.15, 0.2) is 0 Å². The van der Waals surface area contributed by atoms with E-state index in [2.05, 4.69) is 14.9 Å². The molecule has 0 unspecified atom stereocenters. The predicted molar refractivity (Wildman–Crippen MR) is 127 cm³/mol. The number of carbonyl (C=O) groups is 1. The highest BCUT2D eigenvalue weighted by atomic mass is 19.1. The molecule has 1 N–H and O–H groups in total. The summed E-state index contributed by atoms with van der Waals surface area (Å²) in [7, 11) is 0. The zero-order valence-electron chi connectivity index (χ0n) is 18.6. The highest BCUT2D eigenvalue weighted by Crippen LogP contribution is 2.19. The number of pyridine rings is 1. The summed E-state index contributed by atoms with van der Waals surface area (Å²) in [5, 5.41) is -0.240. The molecular formula is C25H21F2N5O3. The SMILES string of the molecule is O=C(c1cc(Cn2c(=O)[nH]c(=O)c3c(F)cccc32)ccc1F)N1CCN(c2ccccn2)CC1. The standard InChI is InChI=1S/C25H21F2N5O3/c26-18-8-7-16(15-32-20-5-3-4-19(27)22(20)23(33)29-25(32)35)14-17(18)24(34)31-12-10-30(11-13-31)21-6-1-2-9-28-21/h1-9,14H,10-13,15H2,(H,29,33,35). The first-order valence-electron chi connectivity index (χ1n) is 11.1. The number of benzene rings is 2. The fourth-order valence-electron chi connectivity index (χ4n) is 4.32. The Morgan fingerprint density at radius 1 is 0.943 bits per heavy atom. The molecule has 3 heterocycles. The van der Waals surface area contributed by atoms with Gasteiger partial charge in [0.25, 0.3) is 11.5 Å². The molecule has 5 rings (SSSR count). The lowest BCUT2D eigenvalue weighted by Gasteiger charge is -2.35. The van der Waals surface area contributed by atoms with Gasteiger partial charge in [0.2, 0.25) is 0 Å². The van der Waals surface area contributed by atoms with Crippen molar-refractivity contribution in [2.75, 3.05) is 31.1 Å². The lowest BCUT2D eigenvalue weighted by atomic mass is 10.1. The first-order chi connectivity index (χ1) is 16.9. The molecule has 178 valence electrons. The second kappa shape index (κ2) is 9.13. The smallest absolute Gasteiger partial charge is 0.329 e. The van der Waals surface area contributed by atoms with Gasteiger partial charge >= 0.3 is 5.69 Å². The summed E-state index contributed by atoms with van der Waals surface area (Å²) in [6.07, 6.45) is 1.71. The van der Waals surface area contributed by atoms with Gasteiger partial charge in [0.1, 0.15) is 17.5 Å². The van der Waals surface area contributed by atoms with Crippen LogP contribution in [0.3, 0.4) is 0 Å². The van der Waals surface area contributed by atoms with Crippen LogP contribution in [0, 0.1) is 11.6 Å². The monoisotopic (exact) mass is 477 g/mol. The van der Waals surface area contributed by atoms with Crippen LogP contribution in [0.5, 0.6) is 0 Å². The van der Waals surface area contributed by atoms with E-state index in [9.17, 15) is 23.2 Å². The van der Waals surface area contributed by atoms with E-state index in [0.29, 0.717) is 31.7 Å². The normalized spacial score (nSPS) is 13.9. The summed E-state index contributed by atoms with van der Waals surface area (Å²) in [5.41, 5.74) is -1.08. The molecule has 2 aromatic carbocycles. The molecule has 2 aromatic heterocycles. The zero-order chi connectivity index (χ0) is 24.5. The van der Waals surface area contributed by atoms with Crippen molar-refractivity contribution >= 4 is 22.6 Å². The van der Waals surface area contributed by atoms with Crippen molar-refractivity contribution in [1.82, 2.24) is 19.4 Å². The number of piperazine rings is 1. The average Bonchev–Trinajstić information content (AvgIpc) is 2.87. The highest BCUT2D eigenvalue weighted by molar-refractivity contribution is 5.95. The quantitative estimate of drug-likeness (QED) is 0.488. The molecule has 1 fully saturated rings. The van der Waals surface area contributed by atoms with Gasteiger partial charge < -0.3 is 9.80 Å². The summed E-state index contributed by atoms with van der Waals surface area (Å²) >= 11 is 0. The van der Waals surface area contributed by atoms with E-state index >= 15 is 0 Å². The lowest BCUT2D eigenvalue weighted by molar-refractivity contribution is 0.0741. The number of carbonyl (C=O) groups excluding carboxylic acids is 1. The molecule has 1 saturated heterocycles. The summed E-state index contributed by atoms with van der Waals surface area (Å²) in [6, 6.07) is 13.6. The number of H-pyrrole nitrogens is 1. The van der Waals surface area contributed by atoms with Crippen LogP contribution in [-0.2, 0) is 6.54 Å². The van der Waals surface area contributed by atoms with Crippen molar-refractivity contribution < 1.29 is 13.6 Å². The van der Waals surface area contributed by atoms with Gasteiger partial charge in [-0.15, -0.1) is 0 Å². The van der Waals surface area contributed by atoms with Gasteiger partial charge in [-0.2, -0.15) is 0 Å². The Labute approximate surface area is 198 Å². The van der Waals surface area contributed by atoms with Gasteiger partial charge in [-0.1, -0.05) is 18.2 Å². The van der Waals surface area contributed by atoms with Crippen LogP contribution in [0.25, 0.3) is 10.9 Å². The fourth-order valence-corrected chi connectivity index (χ4v) is 4.32. The summed E-state index contributed by atoms with van der Waals surface area (Å²) in [5.74, 6) is -1.05. The van der Waals surface area contributed by atoms with E-state index in [-0.39, 0.29) is 23.0 Å². The van der Waals surface area contributed by atoms with Crippen molar-refractivity contribution in [3.8, 4) is 0 Å². The maximum absolute atomic E-state index is 14.7. The van der Waals surface area contributed by atoms with Gasteiger partial charge in [-0.25, -0.2) is 18.6 Å². The molecule has 1 amide bonds. The van der Waals surface area contributed by atoms with Crippen LogP contribution >= 0.6 is 0 Å². The summed E-state index contributed by atoms with van der Waals surface area (Å²) < 4.78 is 30.1. The summed E-state index contributed by atoms with van der Waals surface area (Å²) in [6.45, 7) is 1.86. The second-order valence-corrected chi connectivity index (χ2v) is 8.26. The van der Waals surface area contributed by atoms with E-state index in [1.165, 1.54) is 34.9 Å². The molecule has 1 aliphatic heterocycles. The minimum absolute atomic E-state index is 0.0798. The Morgan fingerprint density at radius 3 is 2.49 bits per heavy atom. The fraction of sp³-hybridized carbons (Fsp3) is 0.200. The largest absolute Gasteiger partial charge is 0.353 e. The molecule has 4 aromatic rings.